The summed E-state index contributed by atoms with van der Waals surface area (Å²) in [6, 6.07) is 28.3. The van der Waals surface area contributed by atoms with Gasteiger partial charge in [0.2, 0.25) is 0 Å². The van der Waals surface area contributed by atoms with Gasteiger partial charge in [-0.15, -0.1) is 0 Å². The van der Waals surface area contributed by atoms with Crippen molar-refractivity contribution >= 4 is 5.69 Å². The Labute approximate surface area is 187 Å². The number of anilines is 1. The lowest BCUT2D eigenvalue weighted by Gasteiger charge is -2.38. The molecular formula is C29H32N2. The maximum Gasteiger partial charge on any atom is 0.110 e. The number of nitrogens with zero attached hydrogens (tertiary/aromatic N) is 2. The van der Waals surface area contributed by atoms with E-state index in [9.17, 15) is 1.37 Å². The van der Waals surface area contributed by atoms with Crippen molar-refractivity contribution in [3.05, 3.63) is 101 Å². The molecule has 3 aromatic carbocycles. The minimum absolute atomic E-state index is 0.0443. The van der Waals surface area contributed by atoms with E-state index in [0.29, 0.717) is 5.92 Å². The number of fused-ring (bicyclic) bond motifs is 3. The molecule has 2 aliphatic heterocycles. The molecule has 0 aromatic heterocycles. The average molecular weight is 410 g/mol. The average Bonchev–Trinajstić information content (AvgIpc) is 3.52. The van der Waals surface area contributed by atoms with Gasteiger partial charge in [0.1, 0.15) is 6.17 Å². The fourth-order valence-electron chi connectivity index (χ4n) is 6.49. The van der Waals surface area contributed by atoms with E-state index < -0.39 is 6.02 Å². The predicted molar refractivity (Wildman–Crippen MR) is 128 cm³/mol. The van der Waals surface area contributed by atoms with E-state index in [1.54, 1.807) is 0 Å². The van der Waals surface area contributed by atoms with Gasteiger partial charge in [-0.1, -0.05) is 85.6 Å². The summed E-state index contributed by atoms with van der Waals surface area (Å²) in [4.78, 5) is 5.18. The summed E-state index contributed by atoms with van der Waals surface area (Å²) in [6.45, 7) is 4.58. The van der Waals surface area contributed by atoms with Gasteiger partial charge in [-0.05, 0) is 60.9 Å². The zero-order valence-electron chi connectivity index (χ0n) is 19.5. The summed E-state index contributed by atoms with van der Waals surface area (Å²) in [5.74, 6) is 0.379. The first-order valence-electron chi connectivity index (χ1n) is 12.4. The molecule has 158 valence electrons. The summed E-state index contributed by atoms with van der Waals surface area (Å²) < 4.78 is 10.2. The van der Waals surface area contributed by atoms with Gasteiger partial charge in [-0.2, -0.15) is 0 Å². The first-order valence-corrected chi connectivity index (χ1v) is 11.9. The van der Waals surface area contributed by atoms with Gasteiger partial charge >= 0.3 is 0 Å². The molecule has 0 radical (unpaired) electrons. The third-order valence-electron chi connectivity index (χ3n) is 7.79. The number of benzene rings is 3. The fraction of sp³-hybridized carbons (Fsp3) is 0.379. The summed E-state index contributed by atoms with van der Waals surface area (Å²) in [5.41, 5.74) is 6.47. The topological polar surface area (TPSA) is 6.48 Å². The summed E-state index contributed by atoms with van der Waals surface area (Å²) in [6.07, 6.45) is 4.85. The highest BCUT2D eigenvalue weighted by Gasteiger charge is 2.55. The molecule has 3 aromatic rings. The zero-order valence-corrected chi connectivity index (χ0v) is 18.5. The third-order valence-corrected chi connectivity index (χ3v) is 7.79. The molecule has 6 rings (SSSR count). The fourth-order valence-corrected chi connectivity index (χ4v) is 6.49. The van der Waals surface area contributed by atoms with E-state index in [0.717, 1.165) is 12.8 Å². The van der Waals surface area contributed by atoms with Crippen molar-refractivity contribution in [2.24, 2.45) is 5.92 Å². The summed E-state index contributed by atoms with van der Waals surface area (Å²) in [5, 5.41) is 0. The van der Waals surface area contributed by atoms with Crippen molar-refractivity contribution in [3.63, 3.8) is 0 Å². The van der Waals surface area contributed by atoms with Crippen molar-refractivity contribution in [3.8, 4) is 0 Å². The SMILES string of the molecule is [2H]C1(C2CCCC2)c2ccccc2C2[C@H](C)N(c3ccccc3C)C(c3ccccc3)N21. The van der Waals surface area contributed by atoms with E-state index in [2.05, 4.69) is 103 Å². The van der Waals surface area contributed by atoms with E-state index in [-0.39, 0.29) is 18.2 Å². The molecule has 1 saturated carbocycles. The minimum Gasteiger partial charge on any atom is -0.347 e. The van der Waals surface area contributed by atoms with Gasteiger partial charge in [0.15, 0.2) is 0 Å². The van der Waals surface area contributed by atoms with Crippen LogP contribution in [0.5, 0.6) is 0 Å². The Kier molecular flexibility index (Phi) is 4.38. The molecule has 1 aliphatic carbocycles. The van der Waals surface area contributed by atoms with Crippen LogP contribution in [-0.4, -0.2) is 10.9 Å². The van der Waals surface area contributed by atoms with E-state index in [1.165, 1.54) is 40.8 Å². The largest absolute Gasteiger partial charge is 0.347 e. The second-order valence-electron chi connectivity index (χ2n) is 9.52. The predicted octanol–water partition coefficient (Wildman–Crippen LogP) is 7.19. The van der Waals surface area contributed by atoms with Crippen LogP contribution in [0.25, 0.3) is 0 Å². The van der Waals surface area contributed by atoms with Gasteiger partial charge in [0.25, 0.3) is 0 Å². The molecular weight excluding hydrogens is 376 g/mol. The maximum atomic E-state index is 10.2. The Balaban J connectivity index is 1.60. The number of para-hydroxylation sites is 1. The Hall–Kier alpha value is -2.58. The molecule has 2 heterocycles. The molecule has 0 spiro atoms. The molecule has 0 N–H and O–H groups in total. The second kappa shape index (κ2) is 7.53. The van der Waals surface area contributed by atoms with Crippen LogP contribution in [0.4, 0.5) is 5.69 Å². The molecule has 0 bridgehead atoms. The van der Waals surface area contributed by atoms with E-state index in [1.807, 2.05) is 0 Å². The highest BCUT2D eigenvalue weighted by Crippen LogP contribution is 2.60. The standard InChI is InChI=1S/C29H32N2/c1-20-12-6-11-19-26(20)30-21(2)27-24-17-9-10-18-25(24)28(22-13-7-8-14-22)31(27)29(30)23-15-4-3-5-16-23/h3-6,9-12,15-19,21-22,27-29H,7-8,13-14H2,1-2H3/t21-,27?,28?,29?/m0/s1/i28D. The van der Waals surface area contributed by atoms with Crippen LogP contribution in [0.15, 0.2) is 78.9 Å². The van der Waals surface area contributed by atoms with E-state index in [4.69, 9.17) is 0 Å². The highest BCUT2D eigenvalue weighted by molar-refractivity contribution is 5.59. The van der Waals surface area contributed by atoms with Crippen molar-refractivity contribution < 1.29 is 1.37 Å². The molecule has 4 atom stereocenters. The Morgan fingerprint density at radius 2 is 1.45 bits per heavy atom. The van der Waals surface area contributed by atoms with Gasteiger partial charge < -0.3 is 4.90 Å². The summed E-state index contributed by atoms with van der Waals surface area (Å²) >= 11 is 0. The first kappa shape index (κ1) is 18.0. The molecule has 3 unspecified atom stereocenters. The Bertz CT molecular complexity index is 1120. The number of hydrogen-bond acceptors (Lipinski definition) is 2. The molecule has 2 fully saturated rings. The van der Waals surface area contributed by atoms with Crippen LogP contribution in [0.3, 0.4) is 0 Å². The minimum atomic E-state index is -0.691. The lowest BCUT2D eigenvalue weighted by molar-refractivity contribution is 0.107. The Morgan fingerprint density at radius 3 is 2.19 bits per heavy atom. The number of aryl methyl sites for hydroxylation is 1. The quantitative estimate of drug-likeness (QED) is 0.452. The number of hydrogen-bond donors (Lipinski definition) is 0. The third kappa shape index (κ3) is 2.88. The van der Waals surface area contributed by atoms with Crippen LogP contribution in [0, 0.1) is 12.8 Å². The molecule has 2 nitrogen and oxygen atoms in total. The zero-order chi connectivity index (χ0) is 21.9. The van der Waals surface area contributed by atoms with Gasteiger partial charge in [0.05, 0.1) is 7.41 Å². The second-order valence-corrected chi connectivity index (χ2v) is 9.52. The number of rotatable bonds is 3. The molecule has 0 amide bonds. The first-order chi connectivity index (χ1) is 15.6. The van der Waals surface area contributed by atoms with Crippen molar-refractivity contribution in [1.82, 2.24) is 4.90 Å². The van der Waals surface area contributed by atoms with Gasteiger partial charge in [0, 0.05) is 17.7 Å². The van der Waals surface area contributed by atoms with Crippen molar-refractivity contribution in [2.75, 3.05) is 4.90 Å². The van der Waals surface area contributed by atoms with Crippen LogP contribution in [0.2, 0.25) is 0 Å². The van der Waals surface area contributed by atoms with Crippen LogP contribution in [0.1, 0.15) is 74.5 Å². The van der Waals surface area contributed by atoms with Crippen LogP contribution in [-0.2, 0) is 0 Å². The Morgan fingerprint density at radius 1 is 0.806 bits per heavy atom. The van der Waals surface area contributed by atoms with Gasteiger partial charge in [-0.3, -0.25) is 4.90 Å². The van der Waals surface area contributed by atoms with E-state index >= 15 is 0 Å². The summed E-state index contributed by atoms with van der Waals surface area (Å²) in [7, 11) is 0. The molecule has 3 aliphatic rings. The van der Waals surface area contributed by atoms with Gasteiger partial charge in [-0.25, -0.2) is 0 Å². The smallest absolute Gasteiger partial charge is 0.110 e. The van der Waals surface area contributed by atoms with Crippen LogP contribution >= 0.6 is 0 Å². The lowest BCUT2D eigenvalue weighted by Crippen LogP contribution is -2.36. The van der Waals surface area contributed by atoms with Crippen LogP contribution < -0.4 is 4.90 Å². The van der Waals surface area contributed by atoms with Crippen molar-refractivity contribution in [2.45, 2.75) is 63.8 Å². The highest BCUT2D eigenvalue weighted by atomic mass is 15.5. The molecule has 1 saturated heterocycles. The van der Waals surface area contributed by atoms with Crippen molar-refractivity contribution in [1.29, 1.82) is 0 Å². The normalized spacial score (nSPS) is 31.0. The maximum absolute atomic E-state index is 10.2. The molecule has 31 heavy (non-hydrogen) atoms. The lowest BCUT2D eigenvalue weighted by atomic mass is 9.89. The molecule has 2 heteroatoms. The monoisotopic (exact) mass is 409 g/mol.